The summed E-state index contributed by atoms with van der Waals surface area (Å²) < 4.78 is 29.8. The molecule has 1 atom stereocenters. The van der Waals surface area contributed by atoms with E-state index in [0.717, 1.165) is 25.8 Å². The molecule has 4 nitrogen and oxygen atoms in total. The van der Waals surface area contributed by atoms with Crippen molar-refractivity contribution in [1.82, 2.24) is 5.32 Å². The molecule has 1 heterocycles. The predicted octanol–water partition coefficient (Wildman–Crippen LogP) is 1.61. The molecule has 1 aliphatic rings. The summed E-state index contributed by atoms with van der Waals surface area (Å²) >= 11 is 0. The summed E-state index contributed by atoms with van der Waals surface area (Å²) in [4.78, 5) is 0.292. The zero-order valence-electron chi connectivity index (χ0n) is 10.6. The van der Waals surface area contributed by atoms with E-state index in [4.69, 9.17) is 4.74 Å². The molecule has 1 unspecified atom stereocenters. The molecular weight excluding hydrogens is 250 g/mol. The molecule has 18 heavy (non-hydrogen) atoms. The minimum Gasteiger partial charge on any atom is -0.495 e. The Morgan fingerprint density at radius 2 is 2.11 bits per heavy atom. The van der Waals surface area contributed by atoms with E-state index in [0.29, 0.717) is 10.6 Å². The quantitative estimate of drug-likeness (QED) is 0.902. The van der Waals surface area contributed by atoms with E-state index in [1.807, 2.05) is 0 Å². The predicted molar refractivity (Wildman–Crippen MR) is 70.7 cm³/mol. The fourth-order valence-corrected chi connectivity index (χ4v) is 4.03. The van der Waals surface area contributed by atoms with Gasteiger partial charge in [-0.3, -0.25) is 0 Å². The smallest absolute Gasteiger partial charge is 0.183 e. The van der Waals surface area contributed by atoms with Gasteiger partial charge in [0.2, 0.25) is 0 Å². The number of hydrogen-bond donors (Lipinski definition) is 1. The van der Waals surface area contributed by atoms with Gasteiger partial charge in [0.25, 0.3) is 0 Å². The Bertz CT molecular complexity index is 493. The highest BCUT2D eigenvalue weighted by atomic mass is 32.2. The van der Waals surface area contributed by atoms with Crippen LogP contribution in [-0.4, -0.2) is 33.9 Å². The Morgan fingerprint density at radius 1 is 1.33 bits per heavy atom. The van der Waals surface area contributed by atoms with Crippen molar-refractivity contribution in [1.29, 1.82) is 0 Å². The molecule has 1 aromatic rings. The Labute approximate surface area is 108 Å². The number of piperidine rings is 1. The molecule has 0 radical (unpaired) electrons. The number of nitrogens with one attached hydrogen (secondary N) is 1. The molecule has 1 saturated heterocycles. The first-order valence-corrected chi connectivity index (χ1v) is 7.88. The van der Waals surface area contributed by atoms with Crippen molar-refractivity contribution < 1.29 is 13.2 Å². The van der Waals surface area contributed by atoms with Crippen molar-refractivity contribution in [3.8, 4) is 5.75 Å². The lowest BCUT2D eigenvalue weighted by molar-refractivity contribution is 0.400. The fourth-order valence-electron chi connectivity index (χ4n) is 2.30. The molecule has 0 aromatic heterocycles. The van der Waals surface area contributed by atoms with Gasteiger partial charge in [0, 0.05) is 6.04 Å². The van der Waals surface area contributed by atoms with Gasteiger partial charge in [-0.2, -0.15) is 0 Å². The molecule has 5 heteroatoms. The second kappa shape index (κ2) is 5.71. The normalized spacial score (nSPS) is 20.6. The van der Waals surface area contributed by atoms with E-state index in [-0.39, 0.29) is 11.8 Å². The van der Waals surface area contributed by atoms with Crippen LogP contribution in [0.2, 0.25) is 0 Å². The standard InChI is InChI=1S/C13H19NO3S/c1-17-12-7-2-3-8-13(12)18(15,16)10-11-6-4-5-9-14-11/h2-3,7-8,11,14H,4-6,9-10H2,1H3. The second-order valence-electron chi connectivity index (χ2n) is 4.58. The summed E-state index contributed by atoms with van der Waals surface area (Å²) in [5, 5.41) is 3.26. The highest BCUT2D eigenvalue weighted by Crippen LogP contribution is 2.25. The average Bonchev–Trinajstić information content (AvgIpc) is 2.39. The first kappa shape index (κ1) is 13.4. The Balaban J connectivity index is 2.19. The van der Waals surface area contributed by atoms with E-state index < -0.39 is 9.84 Å². The monoisotopic (exact) mass is 269 g/mol. The third kappa shape index (κ3) is 3.03. The van der Waals surface area contributed by atoms with Crippen LogP contribution >= 0.6 is 0 Å². The molecule has 1 fully saturated rings. The highest BCUT2D eigenvalue weighted by molar-refractivity contribution is 7.91. The van der Waals surface area contributed by atoms with E-state index in [1.54, 1.807) is 24.3 Å². The summed E-state index contributed by atoms with van der Waals surface area (Å²) in [5.41, 5.74) is 0. The van der Waals surface area contributed by atoms with Gasteiger partial charge in [-0.15, -0.1) is 0 Å². The fraction of sp³-hybridized carbons (Fsp3) is 0.538. The van der Waals surface area contributed by atoms with Crippen LogP contribution in [0.5, 0.6) is 5.75 Å². The maximum absolute atomic E-state index is 12.4. The lowest BCUT2D eigenvalue weighted by Gasteiger charge is -2.23. The van der Waals surface area contributed by atoms with E-state index in [1.165, 1.54) is 7.11 Å². The minimum absolute atomic E-state index is 0.0636. The van der Waals surface area contributed by atoms with E-state index in [9.17, 15) is 8.42 Å². The summed E-state index contributed by atoms with van der Waals surface area (Å²) in [6.07, 6.45) is 3.15. The Kier molecular flexibility index (Phi) is 4.24. The zero-order valence-corrected chi connectivity index (χ0v) is 11.4. The lowest BCUT2D eigenvalue weighted by Crippen LogP contribution is -2.39. The van der Waals surface area contributed by atoms with Crippen LogP contribution in [0.4, 0.5) is 0 Å². The maximum atomic E-state index is 12.4. The van der Waals surface area contributed by atoms with Crippen molar-refractivity contribution >= 4 is 9.84 Å². The van der Waals surface area contributed by atoms with Crippen LogP contribution in [0.3, 0.4) is 0 Å². The van der Waals surface area contributed by atoms with Gasteiger partial charge in [-0.05, 0) is 31.5 Å². The Morgan fingerprint density at radius 3 is 2.78 bits per heavy atom. The van der Waals surface area contributed by atoms with Gasteiger partial charge in [-0.25, -0.2) is 8.42 Å². The van der Waals surface area contributed by atoms with E-state index >= 15 is 0 Å². The molecule has 1 aliphatic heterocycles. The molecule has 1 N–H and O–H groups in total. The van der Waals surface area contributed by atoms with Crippen molar-refractivity contribution in [2.24, 2.45) is 0 Å². The second-order valence-corrected chi connectivity index (χ2v) is 6.58. The van der Waals surface area contributed by atoms with Gasteiger partial charge < -0.3 is 10.1 Å². The lowest BCUT2D eigenvalue weighted by atomic mass is 10.1. The zero-order chi connectivity index (χ0) is 13.0. The number of para-hydroxylation sites is 1. The molecular formula is C13H19NO3S. The first-order valence-electron chi connectivity index (χ1n) is 6.22. The van der Waals surface area contributed by atoms with Gasteiger partial charge in [0.1, 0.15) is 10.6 Å². The summed E-state index contributed by atoms with van der Waals surface area (Å²) in [6, 6.07) is 6.85. The third-order valence-corrected chi connectivity index (χ3v) is 5.09. The highest BCUT2D eigenvalue weighted by Gasteiger charge is 2.25. The summed E-state index contributed by atoms with van der Waals surface area (Å²) in [6.45, 7) is 0.909. The van der Waals surface area contributed by atoms with Gasteiger partial charge in [0.05, 0.1) is 12.9 Å². The SMILES string of the molecule is COc1ccccc1S(=O)(=O)CC1CCCCN1. The molecule has 0 bridgehead atoms. The molecule has 1 aromatic carbocycles. The topological polar surface area (TPSA) is 55.4 Å². The van der Waals surface area contributed by atoms with Crippen LogP contribution in [0.15, 0.2) is 29.2 Å². The van der Waals surface area contributed by atoms with Crippen LogP contribution in [0, 0.1) is 0 Å². The first-order chi connectivity index (χ1) is 8.63. The molecule has 0 spiro atoms. The number of hydrogen-bond acceptors (Lipinski definition) is 4. The number of sulfone groups is 1. The molecule has 2 rings (SSSR count). The average molecular weight is 269 g/mol. The molecule has 0 amide bonds. The van der Waals surface area contributed by atoms with Crippen LogP contribution < -0.4 is 10.1 Å². The van der Waals surface area contributed by atoms with Gasteiger partial charge in [0.15, 0.2) is 9.84 Å². The molecule has 0 saturated carbocycles. The molecule has 0 aliphatic carbocycles. The number of ether oxygens (including phenoxy) is 1. The van der Waals surface area contributed by atoms with Crippen LogP contribution in [0.25, 0.3) is 0 Å². The van der Waals surface area contributed by atoms with Crippen molar-refractivity contribution in [3.05, 3.63) is 24.3 Å². The van der Waals surface area contributed by atoms with Gasteiger partial charge in [-0.1, -0.05) is 18.6 Å². The Hall–Kier alpha value is -1.07. The maximum Gasteiger partial charge on any atom is 0.183 e. The van der Waals surface area contributed by atoms with Gasteiger partial charge >= 0.3 is 0 Å². The summed E-state index contributed by atoms with van der Waals surface area (Å²) in [7, 11) is -1.80. The number of rotatable bonds is 4. The van der Waals surface area contributed by atoms with Crippen molar-refractivity contribution in [2.45, 2.75) is 30.2 Å². The van der Waals surface area contributed by atoms with Crippen molar-refractivity contribution in [2.75, 3.05) is 19.4 Å². The van der Waals surface area contributed by atoms with Crippen LogP contribution in [-0.2, 0) is 9.84 Å². The minimum atomic E-state index is -3.29. The molecule has 100 valence electrons. The number of benzene rings is 1. The van der Waals surface area contributed by atoms with E-state index in [2.05, 4.69) is 5.32 Å². The van der Waals surface area contributed by atoms with Crippen molar-refractivity contribution in [3.63, 3.8) is 0 Å². The third-order valence-electron chi connectivity index (χ3n) is 3.24. The van der Waals surface area contributed by atoms with Crippen LogP contribution in [0.1, 0.15) is 19.3 Å². The largest absolute Gasteiger partial charge is 0.495 e. The summed E-state index contributed by atoms with van der Waals surface area (Å²) in [5.74, 6) is 0.571. The number of methoxy groups -OCH3 is 1.